The second-order valence-electron chi connectivity index (χ2n) is 3.36. The van der Waals surface area contributed by atoms with Crippen LogP contribution in [0.15, 0.2) is 17.4 Å². The molecule has 0 aromatic rings. The molecule has 0 rings (SSSR count). The number of carbonyl (C=O) groups excluding carboxylic acids is 1. The van der Waals surface area contributed by atoms with Crippen molar-refractivity contribution in [2.45, 2.75) is 39.5 Å². The van der Waals surface area contributed by atoms with Crippen molar-refractivity contribution >= 4 is 11.9 Å². The van der Waals surface area contributed by atoms with E-state index in [1.165, 1.54) is 0 Å². The second-order valence-corrected chi connectivity index (χ2v) is 3.36. The van der Waals surface area contributed by atoms with Crippen LogP contribution < -0.4 is 0 Å². The van der Waals surface area contributed by atoms with Gasteiger partial charge in [0, 0.05) is 0 Å². The second kappa shape index (κ2) is 8.74. The lowest BCUT2D eigenvalue weighted by Gasteiger charge is -2.04. The van der Waals surface area contributed by atoms with E-state index in [0.29, 0.717) is 12.2 Å². The van der Waals surface area contributed by atoms with Gasteiger partial charge in [-0.15, -0.1) is 5.73 Å². The van der Waals surface area contributed by atoms with E-state index < -0.39 is 5.97 Å². The van der Waals surface area contributed by atoms with Crippen LogP contribution in [0, 0.1) is 0 Å². The Labute approximate surface area is 95.6 Å². The van der Waals surface area contributed by atoms with E-state index in [0.717, 1.165) is 12.8 Å². The van der Waals surface area contributed by atoms with Crippen LogP contribution in [0.5, 0.6) is 0 Å². The first kappa shape index (κ1) is 14.5. The molecule has 0 aromatic heterocycles. The summed E-state index contributed by atoms with van der Waals surface area (Å²) in [5.74, 6) is -1.36. The van der Waals surface area contributed by atoms with Gasteiger partial charge in [0.25, 0.3) is 0 Å². The molecule has 16 heavy (non-hydrogen) atoms. The van der Waals surface area contributed by atoms with Gasteiger partial charge in [-0.25, -0.2) is 0 Å². The minimum atomic E-state index is -0.967. The third-order valence-electron chi connectivity index (χ3n) is 1.83. The smallest absolute Gasteiger partial charge is 0.310 e. The highest BCUT2D eigenvalue weighted by molar-refractivity contribution is 5.76. The number of hydrogen-bond acceptors (Lipinski definition) is 3. The Morgan fingerprint density at radius 1 is 1.38 bits per heavy atom. The lowest BCUT2D eigenvalue weighted by molar-refractivity contribution is -0.143. The Balaban J connectivity index is 4.15. The highest BCUT2D eigenvalue weighted by Gasteiger charge is 2.10. The molecule has 0 aliphatic rings. The topological polar surface area (TPSA) is 63.6 Å². The fourth-order valence-electron chi connectivity index (χ4n) is 1.11. The van der Waals surface area contributed by atoms with E-state index in [1.54, 1.807) is 13.0 Å². The summed E-state index contributed by atoms with van der Waals surface area (Å²) in [6.07, 6.45) is 3.21. The molecule has 0 aliphatic heterocycles. The van der Waals surface area contributed by atoms with Crippen LogP contribution in [0.3, 0.4) is 0 Å². The molecular weight excluding hydrogens is 208 g/mol. The third-order valence-corrected chi connectivity index (χ3v) is 1.83. The van der Waals surface area contributed by atoms with Crippen LogP contribution in [-0.2, 0) is 14.3 Å². The van der Waals surface area contributed by atoms with Crippen LogP contribution in [0.2, 0.25) is 0 Å². The van der Waals surface area contributed by atoms with E-state index in [1.807, 2.05) is 6.92 Å². The molecule has 0 saturated heterocycles. The van der Waals surface area contributed by atoms with Crippen molar-refractivity contribution in [1.29, 1.82) is 0 Å². The minimum Gasteiger partial charge on any atom is -0.481 e. The molecule has 1 N–H and O–H groups in total. The van der Waals surface area contributed by atoms with Crippen LogP contribution in [0.4, 0.5) is 0 Å². The van der Waals surface area contributed by atoms with Gasteiger partial charge in [-0.05, 0) is 25.0 Å². The molecule has 0 saturated carbocycles. The van der Waals surface area contributed by atoms with Gasteiger partial charge in [0.2, 0.25) is 0 Å². The predicted octanol–water partition coefficient (Wildman–Crippen LogP) is 2.30. The molecule has 0 heterocycles. The molecule has 0 atom stereocenters. The first-order chi connectivity index (χ1) is 7.60. The van der Waals surface area contributed by atoms with Crippen molar-refractivity contribution in [3.63, 3.8) is 0 Å². The standard InChI is InChI=1S/C12H18O4/c1-3-5-7-16-12(15)9-10(6-4-2)8-11(13)14/h4H,3,5,7-9H2,1-2H3,(H,13,14). The highest BCUT2D eigenvalue weighted by Crippen LogP contribution is 2.07. The molecule has 4 heteroatoms. The zero-order valence-electron chi connectivity index (χ0n) is 9.78. The van der Waals surface area contributed by atoms with Gasteiger partial charge in [0.15, 0.2) is 0 Å². The number of esters is 1. The Morgan fingerprint density at radius 3 is 2.56 bits per heavy atom. The van der Waals surface area contributed by atoms with Gasteiger partial charge in [-0.3, -0.25) is 9.59 Å². The van der Waals surface area contributed by atoms with E-state index in [4.69, 9.17) is 9.84 Å². The number of carboxylic acid groups (broad SMARTS) is 1. The van der Waals surface area contributed by atoms with Crippen molar-refractivity contribution in [3.05, 3.63) is 17.4 Å². The van der Waals surface area contributed by atoms with E-state index in [2.05, 4.69) is 5.73 Å². The summed E-state index contributed by atoms with van der Waals surface area (Å²) in [6.45, 7) is 4.12. The van der Waals surface area contributed by atoms with Crippen LogP contribution in [0.25, 0.3) is 0 Å². The lowest BCUT2D eigenvalue weighted by atomic mass is 10.1. The Morgan fingerprint density at radius 2 is 2.06 bits per heavy atom. The average molecular weight is 226 g/mol. The summed E-state index contributed by atoms with van der Waals surface area (Å²) in [6, 6.07) is 0. The van der Waals surface area contributed by atoms with E-state index in [-0.39, 0.29) is 18.8 Å². The van der Waals surface area contributed by atoms with Crippen molar-refractivity contribution in [2.75, 3.05) is 6.61 Å². The largest absolute Gasteiger partial charge is 0.481 e. The summed E-state index contributed by atoms with van der Waals surface area (Å²) in [4.78, 5) is 21.8. The monoisotopic (exact) mass is 226 g/mol. The maximum Gasteiger partial charge on any atom is 0.310 e. The van der Waals surface area contributed by atoms with Crippen LogP contribution in [-0.4, -0.2) is 23.7 Å². The third kappa shape index (κ3) is 7.83. The van der Waals surface area contributed by atoms with Crippen molar-refractivity contribution < 1.29 is 19.4 Å². The molecule has 0 spiro atoms. The quantitative estimate of drug-likeness (QED) is 0.411. The minimum absolute atomic E-state index is 0.000351. The lowest BCUT2D eigenvalue weighted by Crippen LogP contribution is -2.08. The molecule has 0 aliphatic carbocycles. The number of hydrogen-bond donors (Lipinski definition) is 1. The van der Waals surface area contributed by atoms with Gasteiger partial charge in [0.1, 0.15) is 0 Å². The van der Waals surface area contributed by atoms with Crippen molar-refractivity contribution in [1.82, 2.24) is 0 Å². The maximum atomic E-state index is 11.3. The zero-order chi connectivity index (χ0) is 12.4. The summed E-state index contributed by atoms with van der Waals surface area (Å²) in [5.41, 5.74) is 3.19. The van der Waals surface area contributed by atoms with Gasteiger partial charge in [-0.1, -0.05) is 13.3 Å². The molecule has 0 amide bonds. The number of carboxylic acids is 1. The van der Waals surface area contributed by atoms with Gasteiger partial charge in [-0.2, -0.15) is 0 Å². The van der Waals surface area contributed by atoms with Gasteiger partial charge in [0.05, 0.1) is 19.4 Å². The predicted molar refractivity (Wildman–Crippen MR) is 60.0 cm³/mol. The van der Waals surface area contributed by atoms with Crippen molar-refractivity contribution in [2.24, 2.45) is 0 Å². The van der Waals surface area contributed by atoms with E-state index >= 15 is 0 Å². The molecule has 90 valence electrons. The molecular formula is C12H18O4. The summed E-state index contributed by atoms with van der Waals surface area (Å²) in [5, 5.41) is 8.61. The number of aliphatic carboxylic acids is 1. The zero-order valence-corrected chi connectivity index (χ0v) is 9.78. The molecule has 4 nitrogen and oxygen atoms in total. The molecule has 0 radical (unpaired) electrons. The normalized spacial score (nSPS) is 9.12. The number of carbonyl (C=O) groups is 2. The Hall–Kier alpha value is -1.54. The summed E-state index contributed by atoms with van der Waals surface area (Å²) < 4.78 is 4.93. The summed E-state index contributed by atoms with van der Waals surface area (Å²) >= 11 is 0. The molecule has 0 aromatic carbocycles. The number of unbranched alkanes of at least 4 members (excludes halogenated alkanes) is 1. The fraction of sp³-hybridized carbons (Fsp3) is 0.583. The number of ether oxygens (including phenoxy) is 1. The van der Waals surface area contributed by atoms with Crippen molar-refractivity contribution in [3.8, 4) is 0 Å². The summed E-state index contributed by atoms with van der Waals surface area (Å²) in [7, 11) is 0. The molecule has 0 unspecified atom stereocenters. The first-order valence-electron chi connectivity index (χ1n) is 5.36. The maximum absolute atomic E-state index is 11.3. The Bertz CT molecular complexity index is 298. The fourth-order valence-corrected chi connectivity index (χ4v) is 1.11. The van der Waals surface area contributed by atoms with Gasteiger partial charge >= 0.3 is 11.9 Å². The first-order valence-corrected chi connectivity index (χ1v) is 5.36. The SMILES string of the molecule is CC=C=C(CC(=O)O)CC(=O)OCCCC. The highest BCUT2D eigenvalue weighted by atomic mass is 16.5. The number of rotatable bonds is 7. The molecule has 0 fully saturated rings. The Kier molecular flexibility index (Phi) is 7.90. The van der Waals surface area contributed by atoms with Gasteiger partial charge < -0.3 is 9.84 Å². The van der Waals surface area contributed by atoms with E-state index in [9.17, 15) is 9.59 Å². The average Bonchev–Trinajstić information content (AvgIpc) is 2.17. The van der Waals surface area contributed by atoms with Crippen LogP contribution >= 0.6 is 0 Å². The van der Waals surface area contributed by atoms with Crippen LogP contribution in [0.1, 0.15) is 39.5 Å². The molecule has 0 bridgehead atoms.